The summed E-state index contributed by atoms with van der Waals surface area (Å²) in [4.78, 5) is 15.9. The number of likely N-dealkylation sites (N-methyl/N-ethyl adjacent to an activating group) is 1. The van der Waals surface area contributed by atoms with Crippen molar-refractivity contribution in [2.45, 2.75) is 50.7 Å². The predicted octanol–water partition coefficient (Wildman–Crippen LogP) is 2.09. The lowest BCUT2D eigenvalue weighted by Gasteiger charge is -2.40. The molecule has 2 aliphatic rings. The van der Waals surface area contributed by atoms with Gasteiger partial charge in [-0.05, 0) is 13.5 Å². The van der Waals surface area contributed by atoms with E-state index in [9.17, 15) is 4.79 Å². The van der Waals surface area contributed by atoms with Crippen LogP contribution in [0, 0.1) is 0 Å². The first-order valence-corrected chi connectivity index (χ1v) is 6.73. The van der Waals surface area contributed by atoms with Gasteiger partial charge >= 0.3 is 6.09 Å². The zero-order chi connectivity index (χ0) is 12.5. The second-order valence-corrected chi connectivity index (χ2v) is 5.50. The molecule has 0 aromatic carbocycles. The average molecular weight is 240 g/mol. The Morgan fingerprint density at radius 1 is 1.35 bits per heavy atom. The number of piperidine rings is 1. The van der Waals surface area contributed by atoms with Crippen LogP contribution in [0.25, 0.3) is 0 Å². The SMILES string of the molecule is CCCC[C@@H]1N(C)C(=O)OC12CCN(C)CC2. The smallest absolute Gasteiger partial charge is 0.410 e. The maximum absolute atomic E-state index is 11.8. The first-order chi connectivity index (χ1) is 8.09. The molecule has 2 rings (SSSR count). The lowest BCUT2D eigenvalue weighted by atomic mass is 9.82. The fraction of sp³-hybridized carbons (Fsp3) is 0.923. The summed E-state index contributed by atoms with van der Waals surface area (Å²) >= 11 is 0. The molecule has 0 bridgehead atoms. The Bertz CT molecular complexity index is 285. The minimum absolute atomic E-state index is 0.129. The maximum Gasteiger partial charge on any atom is 0.410 e. The van der Waals surface area contributed by atoms with Gasteiger partial charge in [0, 0.05) is 33.0 Å². The molecule has 17 heavy (non-hydrogen) atoms. The van der Waals surface area contributed by atoms with Gasteiger partial charge in [-0.15, -0.1) is 0 Å². The molecule has 4 nitrogen and oxygen atoms in total. The van der Waals surface area contributed by atoms with E-state index in [2.05, 4.69) is 18.9 Å². The first-order valence-electron chi connectivity index (χ1n) is 6.73. The zero-order valence-corrected chi connectivity index (χ0v) is 11.2. The molecule has 2 heterocycles. The molecular formula is C13H24N2O2. The van der Waals surface area contributed by atoms with Gasteiger partial charge in [-0.2, -0.15) is 0 Å². The topological polar surface area (TPSA) is 32.8 Å². The molecule has 0 aromatic heterocycles. The van der Waals surface area contributed by atoms with Gasteiger partial charge in [0.2, 0.25) is 0 Å². The van der Waals surface area contributed by atoms with Crippen molar-refractivity contribution >= 4 is 6.09 Å². The Hall–Kier alpha value is -0.770. The largest absolute Gasteiger partial charge is 0.440 e. The molecule has 2 aliphatic heterocycles. The number of rotatable bonds is 3. The Balaban J connectivity index is 2.10. The highest BCUT2D eigenvalue weighted by atomic mass is 16.6. The van der Waals surface area contributed by atoms with E-state index in [1.165, 1.54) is 12.8 Å². The highest BCUT2D eigenvalue weighted by Gasteiger charge is 2.52. The van der Waals surface area contributed by atoms with Crippen molar-refractivity contribution in [2.75, 3.05) is 27.2 Å². The lowest BCUT2D eigenvalue weighted by molar-refractivity contribution is -0.0179. The van der Waals surface area contributed by atoms with E-state index in [0.29, 0.717) is 0 Å². The van der Waals surface area contributed by atoms with Gasteiger partial charge in [0.1, 0.15) is 5.60 Å². The molecule has 98 valence electrons. The van der Waals surface area contributed by atoms with Crippen LogP contribution >= 0.6 is 0 Å². The average Bonchev–Trinajstić information content (AvgIpc) is 2.54. The van der Waals surface area contributed by atoms with Crippen LogP contribution in [0.3, 0.4) is 0 Å². The third-order valence-electron chi connectivity index (χ3n) is 4.32. The number of hydrogen-bond donors (Lipinski definition) is 0. The molecular weight excluding hydrogens is 216 g/mol. The van der Waals surface area contributed by atoms with Gasteiger partial charge in [0.25, 0.3) is 0 Å². The molecule has 2 saturated heterocycles. The van der Waals surface area contributed by atoms with Gasteiger partial charge in [-0.25, -0.2) is 4.79 Å². The Labute approximate surface area is 104 Å². The van der Waals surface area contributed by atoms with Crippen molar-refractivity contribution < 1.29 is 9.53 Å². The summed E-state index contributed by atoms with van der Waals surface area (Å²) in [6.07, 6.45) is 5.25. The Morgan fingerprint density at radius 2 is 2.00 bits per heavy atom. The third kappa shape index (κ3) is 2.28. The summed E-state index contributed by atoms with van der Waals surface area (Å²) < 4.78 is 5.72. The van der Waals surface area contributed by atoms with Crippen LogP contribution < -0.4 is 0 Å². The predicted molar refractivity (Wildman–Crippen MR) is 67.0 cm³/mol. The number of nitrogens with zero attached hydrogens (tertiary/aromatic N) is 2. The fourth-order valence-corrected chi connectivity index (χ4v) is 3.08. The highest BCUT2D eigenvalue weighted by molar-refractivity contribution is 5.71. The van der Waals surface area contributed by atoms with E-state index in [4.69, 9.17) is 4.74 Å². The van der Waals surface area contributed by atoms with Crippen molar-refractivity contribution in [2.24, 2.45) is 0 Å². The Kier molecular flexibility index (Phi) is 3.61. The third-order valence-corrected chi connectivity index (χ3v) is 4.32. The van der Waals surface area contributed by atoms with E-state index in [0.717, 1.165) is 32.4 Å². The number of carbonyl (C=O) groups excluding carboxylic acids is 1. The Morgan fingerprint density at radius 3 is 2.59 bits per heavy atom. The van der Waals surface area contributed by atoms with Crippen LogP contribution in [0.5, 0.6) is 0 Å². The van der Waals surface area contributed by atoms with E-state index in [1.807, 2.05) is 11.9 Å². The van der Waals surface area contributed by atoms with Crippen molar-refractivity contribution in [1.29, 1.82) is 0 Å². The number of hydrogen-bond acceptors (Lipinski definition) is 3. The number of ether oxygens (including phenoxy) is 1. The molecule has 0 saturated carbocycles. The van der Waals surface area contributed by atoms with E-state index >= 15 is 0 Å². The van der Waals surface area contributed by atoms with Gasteiger partial charge in [-0.3, -0.25) is 0 Å². The van der Waals surface area contributed by atoms with Crippen LogP contribution in [-0.2, 0) is 4.74 Å². The summed E-state index contributed by atoms with van der Waals surface area (Å²) in [5.74, 6) is 0. The zero-order valence-electron chi connectivity index (χ0n) is 11.2. The maximum atomic E-state index is 11.8. The molecule has 1 atom stereocenters. The molecule has 2 fully saturated rings. The standard InChI is InChI=1S/C13H24N2O2/c1-4-5-6-11-13(17-12(16)15(11)3)7-9-14(2)10-8-13/h11H,4-10H2,1-3H3/t11-/m0/s1. The van der Waals surface area contributed by atoms with Crippen LogP contribution in [0.15, 0.2) is 0 Å². The summed E-state index contributed by atoms with van der Waals surface area (Å²) in [5.41, 5.74) is -0.201. The summed E-state index contributed by atoms with van der Waals surface area (Å²) in [5, 5.41) is 0. The molecule has 1 spiro atoms. The second-order valence-electron chi connectivity index (χ2n) is 5.50. The van der Waals surface area contributed by atoms with Crippen LogP contribution in [0.4, 0.5) is 4.79 Å². The molecule has 0 radical (unpaired) electrons. The molecule has 0 aliphatic carbocycles. The van der Waals surface area contributed by atoms with Crippen molar-refractivity contribution in [3.8, 4) is 0 Å². The number of unbranched alkanes of at least 4 members (excludes halogenated alkanes) is 1. The van der Waals surface area contributed by atoms with Gasteiger partial charge in [0.15, 0.2) is 0 Å². The molecule has 1 amide bonds. The summed E-state index contributed by atoms with van der Waals surface area (Å²) in [6.45, 7) is 4.26. The molecule has 0 aromatic rings. The molecule has 4 heteroatoms. The highest BCUT2D eigenvalue weighted by Crippen LogP contribution is 2.39. The summed E-state index contributed by atoms with van der Waals surface area (Å²) in [7, 11) is 4.02. The van der Waals surface area contributed by atoms with Crippen molar-refractivity contribution in [3.63, 3.8) is 0 Å². The van der Waals surface area contributed by atoms with E-state index in [-0.39, 0.29) is 17.7 Å². The van der Waals surface area contributed by atoms with Crippen molar-refractivity contribution in [1.82, 2.24) is 9.80 Å². The van der Waals surface area contributed by atoms with Crippen LogP contribution in [0.1, 0.15) is 39.0 Å². The fourth-order valence-electron chi connectivity index (χ4n) is 3.08. The normalized spacial score (nSPS) is 28.8. The van der Waals surface area contributed by atoms with Crippen LogP contribution in [0.2, 0.25) is 0 Å². The van der Waals surface area contributed by atoms with Crippen molar-refractivity contribution in [3.05, 3.63) is 0 Å². The van der Waals surface area contributed by atoms with E-state index in [1.54, 1.807) is 0 Å². The van der Waals surface area contributed by atoms with E-state index < -0.39 is 0 Å². The van der Waals surface area contributed by atoms with Gasteiger partial charge < -0.3 is 14.5 Å². The minimum Gasteiger partial charge on any atom is -0.440 e. The van der Waals surface area contributed by atoms with Crippen LogP contribution in [-0.4, -0.2) is 54.7 Å². The quantitative estimate of drug-likeness (QED) is 0.757. The molecule has 0 unspecified atom stereocenters. The molecule has 0 N–H and O–H groups in total. The second kappa shape index (κ2) is 4.84. The summed E-state index contributed by atoms with van der Waals surface area (Å²) in [6, 6.07) is 0.281. The number of amides is 1. The van der Waals surface area contributed by atoms with Gasteiger partial charge in [0.05, 0.1) is 6.04 Å². The van der Waals surface area contributed by atoms with Gasteiger partial charge in [-0.1, -0.05) is 19.8 Å². The lowest BCUT2D eigenvalue weighted by Crippen LogP contribution is -2.51. The first kappa shape index (κ1) is 12.7. The minimum atomic E-state index is -0.201. The monoisotopic (exact) mass is 240 g/mol. The number of carbonyl (C=O) groups is 1. The number of likely N-dealkylation sites (tertiary alicyclic amines) is 1.